The van der Waals surface area contributed by atoms with Gasteiger partial charge < -0.3 is 9.73 Å². The Kier molecular flexibility index (Phi) is 5.21. The lowest BCUT2D eigenvalue weighted by Gasteiger charge is -2.14. The summed E-state index contributed by atoms with van der Waals surface area (Å²) in [5.41, 5.74) is 0.895. The molecule has 2 N–H and O–H groups in total. The van der Waals surface area contributed by atoms with E-state index in [9.17, 15) is 8.42 Å². The maximum absolute atomic E-state index is 12.5. The molecule has 0 spiro atoms. The third-order valence-corrected chi connectivity index (χ3v) is 5.50. The van der Waals surface area contributed by atoms with Crippen LogP contribution in [0.1, 0.15) is 24.3 Å². The van der Waals surface area contributed by atoms with Gasteiger partial charge in [-0.3, -0.25) is 0 Å². The lowest BCUT2D eigenvalue weighted by molar-refractivity contribution is 0.459. The topological polar surface area (TPSA) is 71.3 Å². The Bertz CT molecular complexity index is 699. The quantitative estimate of drug-likeness (QED) is 0.817. The number of hydrogen-bond donors (Lipinski definition) is 2. The zero-order valence-corrected chi connectivity index (χ0v) is 14.2. The van der Waals surface area contributed by atoms with E-state index in [0.29, 0.717) is 16.8 Å². The van der Waals surface area contributed by atoms with Crippen LogP contribution >= 0.6 is 15.9 Å². The Morgan fingerprint density at radius 1 is 1.33 bits per heavy atom. The van der Waals surface area contributed by atoms with Gasteiger partial charge in [0.2, 0.25) is 10.0 Å². The van der Waals surface area contributed by atoms with Gasteiger partial charge in [0.25, 0.3) is 0 Å². The van der Waals surface area contributed by atoms with Gasteiger partial charge >= 0.3 is 0 Å². The first kappa shape index (κ1) is 16.2. The van der Waals surface area contributed by atoms with Crippen molar-refractivity contribution in [3.05, 3.63) is 52.4 Å². The maximum atomic E-state index is 12.5. The van der Waals surface area contributed by atoms with Crippen molar-refractivity contribution < 1.29 is 12.8 Å². The van der Waals surface area contributed by atoms with E-state index in [1.165, 1.54) is 6.26 Å². The molecule has 1 aromatic heterocycles. The minimum Gasteiger partial charge on any atom is -0.468 e. The predicted octanol–water partition coefficient (Wildman–Crippen LogP) is 2.80. The number of rotatable bonds is 6. The van der Waals surface area contributed by atoms with Crippen LogP contribution in [-0.2, 0) is 16.6 Å². The second-order valence-corrected chi connectivity index (χ2v) is 7.19. The van der Waals surface area contributed by atoms with E-state index in [4.69, 9.17) is 4.42 Å². The van der Waals surface area contributed by atoms with Gasteiger partial charge in [-0.1, -0.05) is 6.07 Å². The summed E-state index contributed by atoms with van der Waals surface area (Å²) in [6.07, 6.45) is 1.52. The van der Waals surface area contributed by atoms with Gasteiger partial charge in [-0.2, -0.15) is 0 Å². The Morgan fingerprint density at radius 2 is 2.10 bits per heavy atom. The molecule has 0 fully saturated rings. The molecule has 0 radical (unpaired) electrons. The highest BCUT2D eigenvalue weighted by Crippen LogP contribution is 2.25. The second-order valence-electron chi connectivity index (χ2n) is 4.65. The molecule has 2 aromatic rings. The average Bonchev–Trinajstić information content (AvgIpc) is 2.94. The molecule has 0 amide bonds. The van der Waals surface area contributed by atoms with Crippen molar-refractivity contribution in [3.8, 4) is 0 Å². The van der Waals surface area contributed by atoms with Crippen LogP contribution in [-0.4, -0.2) is 15.5 Å². The van der Waals surface area contributed by atoms with E-state index in [0.717, 1.165) is 5.56 Å². The largest absolute Gasteiger partial charge is 0.468 e. The molecule has 114 valence electrons. The predicted molar refractivity (Wildman–Crippen MR) is 84.4 cm³/mol. The molecule has 1 heterocycles. The summed E-state index contributed by atoms with van der Waals surface area (Å²) in [5, 5.41) is 3.00. The van der Waals surface area contributed by atoms with Crippen molar-refractivity contribution in [2.45, 2.75) is 24.4 Å². The zero-order chi connectivity index (χ0) is 15.5. The second kappa shape index (κ2) is 6.74. The van der Waals surface area contributed by atoms with Crippen LogP contribution in [0.4, 0.5) is 0 Å². The molecular weight excluding hydrogens is 356 g/mol. The zero-order valence-electron chi connectivity index (χ0n) is 11.8. The SMILES string of the molecule is CNCc1ccc(Br)c(S(=O)(=O)NC(C)c2ccco2)c1. The molecule has 1 aromatic carbocycles. The fourth-order valence-corrected chi connectivity index (χ4v) is 4.19. The number of furan rings is 1. The molecule has 0 aliphatic heterocycles. The molecule has 0 saturated carbocycles. The molecule has 7 heteroatoms. The molecule has 1 unspecified atom stereocenters. The lowest BCUT2D eigenvalue weighted by Crippen LogP contribution is -2.27. The Morgan fingerprint density at radius 3 is 2.71 bits per heavy atom. The van der Waals surface area contributed by atoms with Gasteiger partial charge in [0.1, 0.15) is 5.76 Å². The number of hydrogen-bond acceptors (Lipinski definition) is 4. The molecule has 0 aliphatic carbocycles. The molecule has 1 atom stereocenters. The van der Waals surface area contributed by atoms with Crippen LogP contribution in [0.5, 0.6) is 0 Å². The van der Waals surface area contributed by atoms with Crippen molar-refractivity contribution >= 4 is 26.0 Å². The van der Waals surface area contributed by atoms with Crippen LogP contribution in [0.25, 0.3) is 0 Å². The van der Waals surface area contributed by atoms with Crippen molar-refractivity contribution in [3.63, 3.8) is 0 Å². The van der Waals surface area contributed by atoms with Gasteiger partial charge in [-0.25, -0.2) is 13.1 Å². The summed E-state index contributed by atoms with van der Waals surface area (Å²) in [4.78, 5) is 0.216. The molecule has 0 aliphatic rings. The van der Waals surface area contributed by atoms with Gasteiger partial charge in [0, 0.05) is 11.0 Å². The average molecular weight is 373 g/mol. The Balaban J connectivity index is 2.28. The Hall–Kier alpha value is -1.15. The smallest absolute Gasteiger partial charge is 0.242 e. The van der Waals surface area contributed by atoms with Crippen molar-refractivity contribution in [1.82, 2.24) is 10.0 Å². The first-order valence-electron chi connectivity index (χ1n) is 6.43. The standard InChI is InChI=1S/C14H17BrN2O3S/c1-10(13-4-3-7-20-13)17-21(18,19)14-8-11(9-16-2)5-6-12(14)15/h3-8,10,16-17H,9H2,1-2H3. The third-order valence-electron chi connectivity index (χ3n) is 2.97. The maximum Gasteiger partial charge on any atom is 0.242 e. The van der Waals surface area contributed by atoms with E-state index in [1.807, 2.05) is 13.1 Å². The highest BCUT2D eigenvalue weighted by atomic mass is 79.9. The fourth-order valence-electron chi connectivity index (χ4n) is 1.96. The van der Waals surface area contributed by atoms with Gasteiger partial charge in [-0.15, -0.1) is 0 Å². The van der Waals surface area contributed by atoms with Crippen molar-refractivity contribution in [2.24, 2.45) is 0 Å². The monoisotopic (exact) mass is 372 g/mol. The highest BCUT2D eigenvalue weighted by molar-refractivity contribution is 9.10. The van der Waals surface area contributed by atoms with Gasteiger partial charge in [0.05, 0.1) is 17.2 Å². The normalized spacial score (nSPS) is 13.3. The number of benzene rings is 1. The molecule has 2 rings (SSSR count). The van der Waals surface area contributed by atoms with Gasteiger partial charge in [-0.05, 0) is 59.7 Å². The molecule has 21 heavy (non-hydrogen) atoms. The highest BCUT2D eigenvalue weighted by Gasteiger charge is 2.22. The van der Waals surface area contributed by atoms with Crippen LogP contribution in [0.2, 0.25) is 0 Å². The number of sulfonamides is 1. The fraction of sp³-hybridized carbons (Fsp3) is 0.286. The van der Waals surface area contributed by atoms with E-state index >= 15 is 0 Å². The first-order chi connectivity index (χ1) is 9.94. The Labute approximate surface area is 132 Å². The van der Waals surface area contributed by atoms with Crippen molar-refractivity contribution in [2.75, 3.05) is 7.05 Å². The van der Waals surface area contributed by atoms with Crippen molar-refractivity contribution in [1.29, 1.82) is 0 Å². The summed E-state index contributed by atoms with van der Waals surface area (Å²) >= 11 is 3.29. The van der Waals surface area contributed by atoms with E-state index < -0.39 is 16.1 Å². The van der Waals surface area contributed by atoms with Crippen LogP contribution in [0.15, 0.2) is 50.4 Å². The summed E-state index contributed by atoms with van der Waals surface area (Å²) in [5.74, 6) is 0.570. The molecule has 0 saturated heterocycles. The molecular formula is C14H17BrN2O3S. The molecule has 5 nitrogen and oxygen atoms in total. The van der Waals surface area contributed by atoms with Crippen LogP contribution < -0.4 is 10.0 Å². The first-order valence-corrected chi connectivity index (χ1v) is 8.70. The minimum absolute atomic E-state index is 0.216. The van der Waals surface area contributed by atoms with Crippen LogP contribution in [0.3, 0.4) is 0 Å². The van der Waals surface area contributed by atoms with E-state index in [1.54, 1.807) is 31.2 Å². The lowest BCUT2D eigenvalue weighted by atomic mass is 10.2. The number of nitrogens with one attached hydrogen (secondary N) is 2. The third kappa shape index (κ3) is 3.94. The minimum atomic E-state index is -3.64. The molecule has 0 bridgehead atoms. The van der Waals surface area contributed by atoms with Gasteiger partial charge in [0.15, 0.2) is 0 Å². The van der Waals surface area contributed by atoms with Crippen LogP contribution in [0, 0.1) is 0 Å². The summed E-state index contributed by atoms with van der Waals surface area (Å²) < 4.78 is 33.4. The summed E-state index contributed by atoms with van der Waals surface area (Å²) in [7, 11) is -1.83. The van der Waals surface area contributed by atoms with E-state index in [2.05, 4.69) is 26.0 Å². The number of halogens is 1. The summed E-state index contributed by atoms with van der Waals surface area (Å²) in [6.45, 7) is 2.34. The summed E-state index contributed by atoms with van der Waals surface area (Å²) in [6, 6.07) is 8.28. The van der Waals surface area contributed by atoms with E-state index in [-0.39, 0.29) is 4.90 Å².